The molecule has 0 aromatic heterocycles. The quantitative estimate of drug-likeness (QED) is 0.518. The number of aromatic nitrogens is 1. The van der Waals surface area contributed by atoms with Crippen LogP contribution >= 0.6 is 0 Å². The second-order valence-electron chi connectivity index (χ2n) is 3.97. The fourth-order valence-corrected chi connectivity index (χ4v) is 1.80. The first-order valence-electron chi connectivity index (χ1n) is 5.67. The van der Waals surface area contributed by atoms with Gasteiger partial charge in [-0.1, -0.05) is 5.92 Å². The molecule has 0 amide bonds. The molecule has 2 aliphatic rings. The zero-order chi connectivity index (χ0) is 13.2. The maximum Gasteiger partial charge on any atom is 0.182 e. The molecule has 3 rings (SSSR count). The Balaban J connectivity index is 2.17. The van der Waals surface area contributed by atoms with Crippen molar-refractivity contribution in [2.24, 2.45) is 0 Å². The molecule has 1 aliphatic heterocycles. The van der Waals surface area contributed by atoms with Crippen molar-refractivity contribution < 1.29 is 9.15 Å². The van der Waals surface area contributed by atoms with Crippen LogP contribution < -0.4 is 10.2 Å². The van der Waals surface area contributed by atoms with Crippen LogP contribution in [0.4, 0.5) is 0 Å². The van der Waals surface area contributed by atoms with E-state index in [9.17, 15) is 4.79 Å². The minimum Gasteiger partial charge on any atom is -0.481 e. The highest BCUT2D eigenvalue weighted by molar-refractivity contribution is 5.77. The number of hydrogen-bond donors (Lipinski definition) is 0. The monoisotopic (exact) mass is 251 g/mol. The molecule has 0 N–H and O–H groups in total. The molecule has 0 spiro atoms. The lowest BCUT2D eigenvalue weighted by molar-refractivity contribution is 0.370. The minimum absolute atomic E-state index is 0.114. The normalized spacial score (nSPS) is 10.5. The second-order valence-corrected chi connectivity index (χ2v) is 3.97. The minimum atomic E-state index is -0.114. The highest BCUT2D eigenvalue weighted by atomic mass is 16.5. The van der Waals surface area contributed by atoms with Gasteiger partial charge in [0.05, 0.1) is 0 Å². The van der Waals surface area contributed by atoms with Gasteiger partial charge in [0.15, 0.2) is 16.8 Å². The summed E-state index contributed by atoms with van der Waals surface area (Å²) in [7, 11) is 0. The predicted octanol–water partition coefficient (Wildman–Crippen LogP) is 2.30. The highest BCUT2D eigenvalue weighted by Crippen LogP contribution is 2.26. The van der Waals surface area contributed by atoms with Crippen LogP contribution in [0.5, 0.6) is 5.75 Å². The van der Waals surface area contributed by atoms with Crippen molar-refractivity contribution in [3.05, 3.63) is 46.6 Å². The Hall–Kier alpha value is -2.80. The van der Waals surface area contributed by atoms with Crippen molar-refractivity contribution in [3.63, 3.8) is 0 Å². The lowest BCUT2D eigenvalue weighted by Crippen LogP contribution is -1.99. The number of rotatable bonds is 2. The third-order valence-corrected chi connectivity index (χ3v) is 2.65. The van der Waals surface area contributed by atoms with Crippen LogP contribution in [-0.4, -0.2) is 11.6 Å². The first kappa shape index (κ1) is 11.3. The van der Waals surface area contributed by atoms with E-state index in [0.29, 0.717) is 28.3 Å². The Bertz CT molecular complexity index is 814. The van der Waals surface area contributed by atoms with Gasteiger partial charge in [-0.2, -0.15) is 0 Å². The summed E-state index contributed by atoms with van der Waals surface area (Å²) in [5.74, 6) is 3.45. The smallest absolute Gasteiger partial charge is 0.182 e. The zero-order valence-corrected chi connectivity index (χ0v) is 9.92. The number of terminal acetylenes is 1. The van der Waals surface area contributed by atoms with Crippen molar-refractivity contribution in [2.45, 2.75) is 0 Å². The Morgan fingerprint density at radius 1 is 1.26 bits per heavy atom. The summed E-state index contributed by atoms with van der Waals surface area (Å²) < 4.78 is 11.0. The molecule has 0 saturated heterocycles. The summed E-state index contributed by atoms with van der Waals surface area (Å²) in [4.78, 5) is 15.7. The van der Waals surface area contributed by atoms with Gasteiger partial charge in [-0.3, -0.25) is 4.79 Å². The highest BCUT2D eigenvalue weighted by Gasteiger charge is 2.09. The van der Waals surface area contributed by atoms with E-state index < -0.39 is 0 Å². The van der Waals surface area contributed by atoms with Crippen LogP contribution in [0.25, 0.3) is 22.6 Å². The summed E-state index contributed by atoms with van der Waals surface area (Å²) in [6.07, 6.45) is 5.13. The largest absolute Gasteiger partial charge is 0.481 e. The van der Waals surface area contributed by atoms with Crippen LogP contribution in [0.3, 0.4) is 0 Å². The van der Waals surface area contributed by atoms with Gasteiger partial charge < -0.3 is 9.15 Å². The predicted molar refractivity (Wildman–Crippen MR) is 71.2 cm³/mol. The standard InChI is InChI=1S/C15H9NO3/c1-2-7-18-11-4-6-13-15(9-11)19-14-8-10(17)3-5-12(14)16-13/h1,3-6,8-9H,7H2. The summed E-state index contributed by atoms with van der Waals surface area (Å²) in [5, 5.41) is 0. The van der Waals surface area contributed by atoms with Gasteiger partial charge >= 0.3 is 0 Å². The third kappa shape index (κ3) is 2.14. The van der Waals surface area contributed by atoms with E-state index in [1.165, 1.54) is 12.1 Å². The molecule has 92 valence electrons. The summed E-state index contributed by atoms with van der Waals surface area (Å²) in [6, 6.07) is 9.78. The molecule has 1 aromatic rings. The van der Waals surface area contributed by atoms with Gasteiger partial charge in [0.1, 0.15) is 23.6 Å². The molecular weight excluding hydrogens is 242 g/mol. The lowest BCUT2D eigenvalue weighted by atomic mass is 10.2. The molecule has 0 unspecified atom stereocenters. The average molecular weight is 251 g/mol. The van der Waals surface area contributed by atoms with Gasteiger partial charge in [-0.25, -0.2) is 4.98 Å². The molecule has 1 heterocycles. The second kappa shape index (κ2) is 4.46. The molecule has 0 saturated carbocycles. The van der Waals surface area contributed by atoms with E-state index in [-0.39, 0.29) is 12.0 Å². The number of nitrogens with zero attached hydrogens (tertiary/aromatic N) is 1. The Morgan fingerprint density at radius 2 is 2.16 bits per heavy atom. The lowest BCUT2D eigenvalue weighted by Gasteiger charge is -2.07. The van der Waals surface area contributed by atoms with E-state index in [2.05, 4.69) is 10.9 Å². The molecule has 4 heteroatoms. The fraction of sp³-hybridized carbons (Fsp3) is 0.0667. The maximum atomic E-state index is 11.3. The number of ether oxygens (including phenoxy) is 1. The molecule has 1 aliphatic carbocycles. The van der Waals surface area contributed by atoms with Gasteiger partial charge in [0.2, 0.25) is 0 Å². The topological polar surface area (TPSA) is 52.3 Å². The molecule has 0 bridgehead atoms. The maximum absolute atomic E-state index is 11.3. The van der Waals surface area contributed by atoms with E-state index in [1.54, 1.807) is 24.3 Å². The molecule has 1 aromatic carbocycles. The van der Waals surface area contributed by atoms with Crippen molar-refractivity contribution in [2.75, 3.05) is 6.61 Å². The van der Waals surface area contributed by atoms with E-state index in [1.807, 2.05) is 0 Å². The molecule has 0 atom stereocenters. The third-order valence-electron chi connectivity index (χ3n) is 2.65. The van der Waals surface area contributed by atoms with E-state index in [4.69, 9.17) is 15.6 Å². The van der Waals surface area contributed by atoms with Crippen molar-refractivity contribution in [1.82, 2.24) is 4.98 Å². The average Bonchev–Trinajstić information content (AvgIpc) is 2.42. The Morgan fingerprint density at radius 3 is 3.00 bits per heavy atom. The molecular formula is C15H9NO3. The summed E-state index contributed by atoms with van der Waals surface area (Å²) >= 11 is 0. The molecule has 0 fully saturated rings. The van der Waals surface area contributed by atoms with E-state index >= 15 is 0 Å². The van der Waals surface area contributed by atoms with Gasteiger partial charge in [-0.05, 0) is 24.3 Å². The van der Waals surface area contributed by atoms with Gasteiger partial charge in [0, 0.05) is 12.1 Å². The van der Waals surface area contributed by atoms with Crippen LogP contribution in [0.2, 0.25) is 0 Å². The van der Waals surface area contributed by atoms with E-state index in [0.717, 1.165) is 0 Å². The van der Waals surface area contributed by atoms with Crippen LogP contribution in [-0.2, 0) is 0 Å². The summed E-state index contributed by atoms with van der Waals surface area (Å²) in [5.41, 5.74) is 1.77. The van der Waals surface area contributed by atoms with Gasteiger partial charge in [0.25, 0.3) is 0 Å². The number of fused-ring (bicyclic) bond motifs is 2. The van der Waals surface area contributed by atoms with Crippen molar-refractivity contribution in [1.29, 1.82) is 0 Å². The van der Waals surface area contributed by atoms with Crippen LogP contribution in [0, 0.1) is 12.3 Å². The SMILES string of the molecule is C#CCOc1ccc2nc3ccc(=O)cc-3oc2c1. The first-order valence-corrected chi connectivity index (χ1v) is 5.67. The van der Waals surface area contributed by atoms with Gasteiger partial charge in [-0.15, -0.1) is 6.42 Å². The van der Waals surface area contributed by atoms with Crippen molar-refractivity contribution in [3.8, 4) is 29.5 Å². The zero-order valence-electron chi connectivity index (χ0n) is 9.92. The number of hydrogen-bond acceptors (Lipinski definition) is 4. The molecule has 4 nitrogen and oxygen atoms in total. The molecule has 19 heavy (non-hydrogen) atoms. The first-order chi connectivity index (χ1) is 9.26. The fourth-order valence-electron chi connectivity index (χ4n) is 1.80. The van der Waals surface area contributed by atoms with Crippen LogP contribution in [0.1, 0.15) is 0 Å². The van der Waals surface area contributed by atoms with Crippen molar-refractivity contribution >= 4 is 11.1 Å². The number of benzene rings is 2. The molecule has 0 radical (unpaired) electrons. The summed E-state index contributed by atoms with van der Waals surface area (Å²) in [6.45, 7) is 0.192. The van der Waals surface area contributed by atoms with Crippen LogP contribution in [0.15, 0.2) is 45.6 Å². The Kier molecular flexibility index (Phi) is 2.66. The Labute approximate surface area is 109 Å².